The molecule has 2 heteroatoms. The Labute approximate surface area is 76.4 Å². The van der Waals surface area contributed by atoms with Crippen LogP contribution in [0.1, 0.15) is 5.56 Å². The summed E-state index contributed by atoms with van der Waals surface area (Å²) in [5.41, 5.74) is 1.40. The van der Waals surface area contributed by atoms with E-state index >= 15 is 0 Å². The zero-order valence-corrected chi connectivity index (χ0v) is 8.42. The summed E-state index contributed by atoms with van der Waals surface area (Å²) in [7, 11) is 0. The topological polar surface area (TPSA) is 17.1 Å². The van der Waals surface area contributed by atoms with Gasteiger partial charge in [-0.25, -0.2) is 0 Å². The van der Waals surface area contributed by atoms with Crippen LogP contribution >= 0.6 is 0 Å². The van der Waals surface area contributed by atoms with Crippen molar-refractivity contribution >= 4 is 24.1 Å². The van der Waals surface area contributed by atoms with Crippen LogP contribution in [0.25, 0.3) is 9.65 Å². The first-order valence-corrected chi connectivity index (χ1v) is 5.61. The van der Waals surface area contributed by atoms with E-state index in [0.717, 1.165) is 5.39 Å². The van der Waals surface area contributed by atoms with Gasteiger partial charge in [-0.3, -0.25) is 0 Å². The third-order valence-electron chi connectivity index (χ3n) is 1.88. The van der Waals surface area contributed by atoms with Crippen molar-refractivity contribution in [1.82, 2.24) is 0 Å². The molecule has 0 fully saturated rings. The van der Waals surface area contributed by atoms with Crippen molar-refractivity contribution in [3.63, 3.8) is 0 Å². The van der Waals surface area contributed by atoms with E-state index in [-0.39, 0.29) is 5.43 Å². The van der Waals surface area contributed by atoms with Crippen molar-refractivity contribution in [2.24, 2.45) is 0 Å². The molecule has 0 unspecified atom stereocenters. The molecule has 1 nitrogen and oxygen atoms in total. The van der Waals surface area contributed by atoms with Crippen LogP contribution in [0.5, 0.6) is 0 Å². The van der Waals surface area contributed by atoms with E-state index in [9.17, 15) is 4.79 Å². The SMILES string of the molecule is Cc1cccc2c(=O)cc[se]c12. The van der Waals surface area contributed by atoms with Gasteiger partial charge in [0, 0.05) is 0 Å². The molecule has 0 spiro atoms. The fourth-order valence-corrected chi connectivity index (χ4v) is 3.10. The maximum absolute atomic E-state index is 11.4. The van der Waals surface area contributed by atoms with E-state index in [1.807, 2.05) is 17.1 Å². The van der Waals surface area contributed by atoms with Gasteiger partial charge in [-0.2, -0.15) is 0 Å². The zero-order chi connectivity index (χ0) is 8.55. The molecule has 0 aliphatic heterocycles. The van der Waals surface area contributed by atoms with Gasteiger partial charge < -0.3 is 0 Å². The van der Waals surface area contributed by atoms with Gasteiger partial charge in [-0.05, 0) is 0 Å². The zero-order valence-electron chi connectivity index (χ0n) is 6.70. The summed E-state index contributed by atoms with van der Waals surface area (Å²) < 4.78 is 1.25. The van der Waals surface area contributed by atoms with Gasteiger partial charge in [0.1, 0.15) is 0 Å². The first kappa shape index (κ1) is 7.78. The number of rotatable bonds is 0. The van der Waals surface area contributed by atoms with E-state index in [1.54, 1.807) is 6.07 Å². The predicted molar refractivity (Wildman–Crippen MR) is 51.9 cm³/mol. The molecule has 60 valence electrons. The molecule has 0 amide bonds. The Morgan fingerprint density at radius 1 is 1.25 bits per heavy atom. The van der Waals surface area contributed by atoms with E-state index in [2.05, 4.69) is 13.0 Å². The van der Waals surface area contributed by atoms with Crippen molar-refractivity contribution in [2.45, 2.75) is 6.92 Å². The number of benzene rings is 1. The molecule has 1 heterocycles. The predicted octanol–water partition coefficient (Wildman–Crippen LogP) is 1.57. The molecular formula is C10H8OSe. The van der Waals surface area contributed by atoms with Gasteiger partial charge in [0.2, 0.25) is 0 Å². The average molecular weight is 223 g/mol. The third kappa shape index (κ3) is 1.13. The van der Waals surface area contributed by atoms with E-state index in [0.29, 0.717) is 14.5 Å². The Hall–Kier alpha value is -0.851. The second kappa shape index (κ2) is 2.89. The van der Waals surface area contributed by atoms with Gasteiger partial charge >= 0.3 is 76.1 Å². The van der Waals surface area contributed by atoms with Gasteiger partial charge in [0.25, 0.3) is 0 Å². The van der Waals surface area contributed by atoms with Gasteiger partial charge in [-0.15, -0.1) is 0 Å². The molecule has 0 saturated heterocycles. The van der Waals surface area contributed by atoms with Crippen LogP contribution < -0.4 is 5.43 Å². The van der Waals surface area contributed by atoms with Crippen LogP contribution in [0.15, 0.2) is 34.0 Å². The summed E-state index contributed by atoms with van der Waals surface area (Å²) in [6, 6.07) is 7.60. The normalized spacial score (nSPS) is 10.4. The van der Waals surface area contributed by atoms with Gasteiger partial charge in [0.15, 0.2) is 0 Å². The quantitative estimate of drug-likeness (QED) is 0.619. The number of aryl methyl sites for hydroxylation is 1. The molecule has 0 saturated carbocycles. The molecular weight excluding hydrogens is 215 g/mol. The minimum atomic E-state index is 0.154. The maximum atomic E-state index is 11.4. The number of fused-ring (bicyclic) bond motifs is 1. The van der Waals surface area contributed by atoms with Crippen molar-refractivity contribution in [3.05, 3.63) is 45.0 Å². The molecule has 2 rings (SSSR count). The Kier molecular flexibility index (Phi) is 1.87. The summed E-state index contributed by atoms with van der Waals surface area (Å²) in [4.78, 5) is 13.4. The monoisotopic (exact) mass is 224 g/mol. The van der Waals surface area contributed by atoms with Gasteiger partial charge in [-0.1, -0.05) is 0 Å². The first-order valence-electron chi connectivity index (χ1n) is 3.76. The molecule has 0 N–H and O–H groups in total. The average Bonchev–Trinajstić information content (AvgIpc) is 2.07. The summed E-state index contributed by atoms with van der Waals surface area (Å²) in [6.45, 7) is 2.06. The standard InChI is InChI=1S/C10H8OSe/c1-7-3-2-4-8-9(11)5-6-12-10(7)8/h2-6H,1H3. The Balaban J connectivity index is 3.05. The van der Waals surface area contributed by atoms with Crippen LogP contribution in [0.4, 0.5) is 0 Å². The van der Waals surface area contributed by atoms with Crippen molar-refractivity contribution in [3.8, 4) is 0 Å². The molecule has 0 radical (unpaired) electrons. The van der Waals surface area contributed by atoms with Crippen molar-refractivity contribution in [1.29, 1.82) is 0 Å². The second-order valence-electron chi connectivity index (χ2n) is 2.74. The van der Waals surface area contributed by atoms with Crippen LogP contribution in [0, 0.1) is 6.92 Å². The van der Waals surface area contributed by atoms with Crippen molar-refractivity contribution < 1.29 is 0 Å². The minimum absolute atomic E-state index is 0.154. The van der Waals surface area contributed by atoms with Crippen LogP contribution in [-0.2, 0) is 0 Å². The summed E-state index contributed by atoms with van der Waals surface area (Å²) in [5.74, 6) is 0. The Morgan fingerprint density at radius 2 is 2.08 bits per heavy atom. The summed E-state index contributed by atoms with van der Waals surface area (Å²) >= 11 is 0.356. The summed E-state index contributed by atoms with van der Waals surface area (Å²) in [5, 5.41) is 0.900. The molecule has 12 heavy (non-hydrogen) atoms. The molecule has 2 aromatic rings. The second-order valence-corrected chi connectivity index (χ2v) is 4.66. The molecule has 0 aliphatic rings. The van der Waals surface area contributed by atoms with Crippen LogP contribution in [0.2, 0.25) is 0 Å². The fourth-order valence-electron chi connectivity index (χ4n) is 1.26. The molecule has 1 aromatic heterocycles. The number of hydrogen-bond acceptors (Lipinski definition) is 1. The van der Waals surface area contributed by atoms with Crippen molar-refractivity contribution in [2.75, 3.05) is 0 Å². The number of hydrogen-bond donors (Lipinski definition) is 0. The first-order chi connectivity index (χ1) is 5.79. The van der Waals surface area contributed by atoms with E-state index in [4.69, 9.17) is 0 Å². The molecule has 1 aromatic carbocycles. The van der Waals surface area contributed by atoms with Crippen LogP contribution in [-0.4, -0.2) is 14.5 Å². The molecule has 0 atom stereocenters. The van der Waals surface area contributed by atoms with Crippen LogP contribution in [0.3, 0.4) is 0 Å². The molecule has 0 bridgehead atoms. The Morgan fingerprint density at radius 3 is 2.83 bits per heavy atom. The Bertz CT molecular complexity index is 470. The fraction of sp³-hybridized carbons (Fsp3) is 0.100. The summed E-state index contributed by atoms with van der Waals surface area (Å²) in [6.07, 6.45) is 0. The molecule has 0 aliphatic carbocycles. The van der Waals surface area contributed by atoms with E-state index < -0.39 is 0 Å². The van der Waals surface area contributed by atoms with E-state index in [1.165, 1.54) is 9.82 Å². The van der Waals surface area contributed by atoms with Gasteiger partial charge in [0.05, 0.1) is 0 Å². The third-order valence-corrected chi connectivity index (χ3v) is 4.09.